The molecule has 3 aliphatic heterocycles. The molecule has 1 spiro atoms. The Kier molecular flexibility index (Phi) is 5.34. The van der Waals surface area contributed by atoms with E-state index in [2.05, 4.69) is 33.6 Å². The molecule has 28 heavy (non-hydrogen) atoms. The van der Waals surface area contributed by atoms with Gasteiger partial charge in [-0.1, -0.05) is 27.7 Å². The van der Waals surface area contributed by atoms with Crippen LogP contribution in [0.15, 0.2) is 12.4 Å². The average molecular weight is 386 g/mol. The molecule has 1 amide bonds. The maximum Gasteiger partial charge on any atom is 0.225 e. The van der Waals surface area contributed by atoms with Gasteiger partial charge in [0.15, 0.2) is 0 Å². The molecular formula is C22H35N5O. The largest absolute Gasteiger partial charge is 0.369 e. The molecule has 3 aliphatic rings. The molecule has 1 aromatic rings. The van der Waals surface area contributed by atoms with Crippen LogP contribution in [0.1, 0.15) is 52.3 Å². The maximum atomic E-state index is 12.0. The van der Waals surface area contributed by atoms with Gasteiger partial charge in [0.05, 0.1) is 18.1 Å². The molecule has 0 N–H and O–H groups in total. The van der Waals surface area contributed by atoms with E-state index in [4.69, 9.17) is 0 Å². The molecule has 6 heteroatoms. The molecule has 0 aliphatic carbocycles. The van der Waals surface area contributed by atoms with E-state index in [1.54, 1.807) is 0 Å². The number of aromatic nitrogens is 2. The highest BCUT2D eigenvalue weighted by atomic mass is 16.2. The topological polar surface area (TPSA) is 52.6 Å². The Morgan fingerprint density at radius 2 is 1.68 bits per heavy atom. The first-order chi connectivity index (χ1) is 13.3. The molecule has 0 aromatic carbocycles. The van der Waals surface area contributed by atoms with Gasteiger partial charge in [-0.05, 0) is 18.8 Å². The highest BCUT2D eigenvalue weighted by Crippen LogP contribution is 2.41. The second-order valence-corrected chi connectivity index (χ2v) is 9.90. The molecule has 4 heterocycles. The van der Waals surface area contributed by atoms with Gasteiger partial charge >= 0.3 is 0 Å². The zero-order valence-corrected chi connectivity index (χ0v) is 17.9. The van der Waals surface area contributed by atoms with Crippen molar-refractivity contribution in [3.8, 4) is 0 Å². The van der Waals surface area contributed by atoms with Crippen molar-refractivity contribution in [1.82, 2.24) is 19.8 Å². The second kappa shape index (κ2) is 7.62. The molecule has 0 unspecified atom stereocenters. The fourth-order valence-electron chi connectivity index (χ4n) is 5.05. The first kappa shape index (κ1) is 19.6. The maximum absolute atomic E-state index is 12.0. The number of hydrogen-bond donors (Lipinski definition) is 0. The third kappa shape index (κ3) is 3.88. The van der Waals surface area contributed by atoms with Crippen molar-refractivity contribution in [1.29, 1.82) is 0 Å². The van der Waals surface area contributed by atoms with Gasteiger partial charge in [0.2, 0.25) is 5.91 Å². The van der Waals surface area contributed by atoms with Gasteiger partial charge in [0.25, 0.3) is 0 Å². The summed E-state index contributed by atoms with van der Waals surface area (Å²) in [6, 6.07) is 0. The van der Waals surface area contributed by atoms with Gasteiger partial charge < -0.3 is 14.7 Å². The number of carbonyl (C=O) groups excluding carboxylic acids is 1. The standard InChI is InChI=1S/C22H35N5O/c1-16(2)20-23-9-19(10-24-20)26-7-5-18(6-8-26)11-25-12-22(13-25)14-27(15-22)21(28)17(3)4/h9-10,16-18H,5-8,11-15H2,1-4H3. The van der Waals surface area contributed by atoms with E-state index in [1.807, 2.05) is 31.1 Å². The lowest BCUT2D eigenvalue weighted by atomic mass is 9.72. The van der Waals surface area contributed by atoms with Crippen molar-refractivity contribution >= 4 is 11.6 Å². The van der Waals surface area contributed by atoms with E-state index >= 15 is 0 Å². The van der Waals surface area contributed by atoms with Crippen molar-refractivity contribution in [3.05, 3.63) is 18.2 Å². The molecule has 154 valence electrons. The third-order valence-corrected chi connectivity index (χ3v) is 6.65. The monoisotopic (exact) mass is 385 g/mol. The van der Waals surface area contributed by atoms with Crippen LogP contribution in [0.25, 0.3) is 0 Å². The Bertz CT molecular complexity index is 679. The second-order valence-electron chi connectivity index (χ2n) is 9.90. The van der Waals surface area contributed by atoms with Gasteiger partial charge in [-0.15, -0.1) is 0 Å². The van der Waals surface area contributed by atoms with E-state index in [0.717, 1.165) is 43.6 Å². The number of piperidine rings is 1. The zero-order chi connectivity index (χ0) is 19.9. The van der Waals surface area contributed by atoms with Crippen molar-refractivity contribution in [2.45, 2.75) is 46.5 Å². The predicted octanol–water partition coefficient (Wildman–Crippen LogP) is 2.62. The lowest BCUT2D eigenvalue weighted by Gasteiger charge is -2.61. The highest BCUT2D eigenvalue weighted by Gasteiger charge is 2.53. The van der Waals surface area contributed by atoms with Crippen molar-refractivity contribution in [2.75, 3.05) is 50.7 Å². The fourth-order valence-corrected chi connectivity index (χ4v) is 5.05. The summed E-state index contributed by atoms with van der Waals surface area (Å²) in [5, 5.41) is 0. The van der Waals surface area contributed by atoms with E-state index in [1.165, 1.54) is 32.5 Å². The number of carbonyl (C=O) groups is 1. The summed E-state index contributed by atoms with van der Waals surface area (Å²) in [7, 11) is 0. The summed E-state index contributed by atoms with van der Waals surface area (Å²) in [6.07, 6.45) is 6.46. The number of amides is 1. The molecule has 0 bridgehead atoms. The van der Waals surface area contributed by atoms with Crippen LogP contribution >= 0.6 is 0 Å². The molecule has 6 nitrogen and oxygen atoms in total. The van der Waals surface area contributed by atoms with Crippen LogP contribution in [0, 0.1) is 17.3 Å². The van der Waals surface area contributed by atoms with Crippen LogP contribution in [0.5, 0.6) is 0 Å². The van der Waals surface area contributed by atoms with E-state index in [9.17, 15) is 4.79 Å². The lowest BCUT2D eigenvalue weighted by Crippen LogP contribution is -2.73. The summed E-state index contributed by atoms with van der Waals surface area (Å²) in [5.41, 5.74) is 1.58. The van der Waals surface area contributed by atoms with Crippen LogP contribution in [-0.2, 0) is 4.79 Å². The van der Waals surface area contributed by atoms with E-state index < -0.39 is 0 Å². The van der Waals surface area contributed by atoms with Gasteiger partial charge in [-0.25, -0.2) is 9.97 Å². The highest BCUT2D eigenvalue weighted by molar-refractivity contribution is 5.79. The lowest BCUT2D eigenvalue weighted by molar-refractivity contribution is -0.163. The third-order valence-electron chi connectivity index (χ3n) is 6.65. The van der Waals surface area contributed by atoms with Crippen LogP contribution in [0.3, 0.4) is 0 Å². The molecule has 3 fully saturated rings. The Morgan fingerprint density at radius 1 is 1.07 bits per heavy atom. The number of likely N-dealkylation sites (tertiary alicyclic amines) is 2. The van der Waals surface area contributed by atoms with Gasteiger partial charge in [0, 0.05) is 63.1 Å². The Hall–Kier alpha value is -1.69. The normalized spacial score (nSPS) is 22.6. The van der Waals surface area contributed by atoms with Crippen molar-refractivity contribution < 1.29 is 4.79 Å². The molecule has 3 saturated heterocycles. The van der Waals surface area contributed by atoms with Crippen LogP contribution < -0.4 is 4.90 Å². The van der Waals surface area contributed by atoms with Gasteiger partial charge in [0.1, 0.15) is 5.82 Å². The summed E-state index contributed by atoms with van der Waals surface area (Å²) < 4.78 is 0. The molecule has 0 radical (unpaired) electrons. The minimum Gasteiger partial charge on any atom is -0.369 e. The molecule has 0 atom stereocenters. The van der Waals surface area contributed by atoms with Crippen molar-refractivity contribution in [3.63, 3.8) is 0 Å². The molecule has 1 aromatic heterocycles. The quantitative estimate of drug-likeness (QED) is 0.780. The minimum atomic E-state index is 0.130. The van der Waals surface area contributed by atoms with Crippen LogP contribution in [0.2, 0.25) is 0 Å². The molecule has 0 saturated carbocycles. The minimum absolute atomic E-state index is 0.130. The zero-order valence-electron chi connectivity index (χ0n) is 17.9. The first-order valence-corrected chi connectivity index (χ1v) is 10.9. The van der Waals surface area contributed by atoms with Crippen LogP contribution in [-0.4, -0.2) is 71.5 Å². The molecular weight excluding hydrogens is 350 g/mol. The predicted molar refractivity (Wildman–Crippen MR) is 111 cm³/mol. The van der Waals surface area contributed by atoms with Gasteiger partial charge in [-0.3, -0.25) is 4.79 Å². The summed E-state index contributed by atoms with van der Waals surface area (Å²) >= 11 is 0. The van der Waals surface area contributed by atoms with Crippen molar-refractivity contribution in [2.24, 2.45) is 17.3 Å². The van der Waals surface area contributed by atoms with Gasteiger partial charge in [-0.2, -0.15) is 0 Å². The van der Waals surface area contributed by atoms with Crippen LogP contribution in [0.4, 0.5) is 5.69 Å². The van der Waals surface area contributed by atoms with E-state index in [-0.39, 0.29) is 5.92 Å². The molecule has 4 rings (SSSR count). The SMILES string of the molecule is CC(C)C(=O)N1CC2(CN(CC3CCN(c4cnc(C(C)C)nc4)CC3)C2)C1. The average Bonchev–Trinajstić information content (AvgIpc) is 2.62. The number of anilines is 1. The number of rotatable bonds is 5. The summed E-state index contributed by atoms with van der Waals surface area (Å²) in [6.45, 7) is 16.0. The Labute approximate surface area is 169 Å². The number of hydrogen-bond acceptors (Lipinski definition) is 5. The Balaban J connectivity index is 1.18. The fraction of sp³-hybridized carbons (Fsp3) is 0.773. The van der Waals surface area contributed by atoms with E-state index in [0.29, 0.717) is 17.2 Å². The number of nitrogens with zero attached hydrogens (tertiary/aromatic N) is 5. The summed E-state index contributed by atoms with van der Waals surface area (Å²) in [4.78, 5) is 28.2. The first-order valence-electron chi connectivity index (χ1n) is 10.9. The Morgan fingerprint density at radius 3 is 2.21 bits per heavy atom. The smallest absolute Gasteiger partial charge is 0.225 e. The summed E-state index contributed by atoms with van der Waals surface area (Å²) in [5.74, 6) is 2.55.